The molecule has 1 aromatic carbocycles. The lowest BCUT2D eigenvalue weighted by Gasteiger charge is -2.10. The first-order valence-corrected chi connectivity index (χ1v) is 5.67. The zero-order valence-corrected chi connectivity index (χ0v) is 10.1. The summed E-state index contributed by atoms with van der Waals surface area (Å²) in [5.74, 6) is 0. The summed E-state index contributed by atoms with van der Waals surface area (Å²) in [5.41, 5.74) is 3.32. The molecule has 0 fully saturated rings. The van der Waals surface area contributed by atoms with E-state index >= 15 is 0 Å². The number of aryl methyl sites for hydroxylation is 1. The SMILES string of the molecule is Cc1cc2ncccc2c(Br)c1CCO. The summed E-state index contributed by atoms with van der Waals surface area (Å²) < 4.78 is 1.06. The average Bonchev–Trinajstić information content (AvgIpc) is 2.24. The topological polar surface area (TPSA) is 33.1 Å². The van der Waals surface area contributed by atoms with Crippen molar-refractivity contribution in [2.75, 3.05) is 6.61 Å². The third kappa shape index (κ3) is 1.90. The van der Waals surface area contributed by atoms with Crippen LogP contribution in [0.15, 0.2) is 28.9 Å². The van der Waals surface area contributed by atoms with Crippen molar-refractivity contribution in [2.45, 2.75) is 13.3 Å². The van der Waals surface area contributed by atoms with Crippen LogP contribution in [0.2, 0.25) is 0 Å². The van der Waals surface area contributed by atoms with Crippen molar-refractivity contribution >= 4 is 26.8 Å². The summed E-state index contributed by atoms with van der Waals surface area (Å²) in [6.45, 7) is 2.22. The van der Waals surface area contributed by atoms with Gasteiger partial charge in [0.25, 0.3) is 0 Å². The van der Waals surface area contributed by atoms with Gasteiger partial charge in [-0.3, -0.25) is 4.98 Å². The molecule has 2 rings (SSSR count). The van der Waals surface area contributed by atoms with E-state index in [1.165, 1.54) is 5.56 Å². The molecule has 15 heavy (non-hydrogen) atoms. The van der Waals surface area contributed by atoms with Crippen molar-refractivity contribution in [3.63, 3.8) is 0 Å². The first kappa shape index (κ1) is 10.6. The van der Waals surface area contributed by atoms with Crippen molar-refractivity contribution in [2.24, 2.45) is 0 Å². The number of aliphatic hydroxyl groups is 1. The number of hydrogen-bond donors (Lipinski definition) is 1. The first-order valence-electron chi connectivity index (χ1n) is 4.87. The van der Waals surface area contributed by atoms with E-state index in [2.05, 4.69) is 27.0 Å². The van der Waals surface area contributed by atoms with Gasteiger partial charge in [-0.2, -0.15) is 0 Å². The number of halogens is 1. The number of pyridine rings is 1. The molecule has 0 atom stereocenters. The number of benzene rings is 1. The monoisotopic (exact) mass is 265 g/mol. The van der Waals surface area contributed by atoms with Gasteiger partial charge < -0.3 is 5.11 Å². The van der Waals surface area contributed by atoms with Crippen molar-refractivity contribution in [3.8, 4) is 0 Å². The van der Waals surface area contributed by atoms with E-state index in [0.717, 1.165) is 20.9 Å². The lowest BCUT2D eigenvalue weighted by atomic mass is 10.0. The predicted molar refractivity (Wildman–Crippen MR) is 65.0 cm³/mol. The van der Waals surface area contributed by atoms with E-state index in [1.54, 1.807) is 6.20 Å². The molecule has 0 unspecified atom stereocenters. The molecule has 0 spiro atoms. The lowest BCUT2D eigenvalue weighted by molar-refractivity contribution is 0.299. The Bertz CT molecular complexity index is 496. The second-order valence-corrected chi connectivity index (χ2v) is 4.32. The highest BCUT2D eigenvalue weighted by Gasteiger charge is 2.08. The van der Waals surface area contributed by atoms with Crippen LogP contribution >= 0.6 is 15.9 Å². The molecular formula is C12H12BrNO. The van der Waals surface area contributed by atoms with Gasteiger partial charge in [0.2, 0.25) is 0 Å². The van der Waals surface area contributed by atoms with E-state index in [0.29, 0.717) is 6.42 Å². The zero-order valence-electron chi connectivity index (χ0n) is 8.50. The Labute approximate surface area is 97.1 Å². The minimum atomic E-state index is 0.172. The van der Waals surface area contributed by atoms with Gasteiger partial charge in [-0.05, 0) is 52.5 Å². The van der Waals surface area contributed by atoms with Crippen molar-refractivity contribution in [1.82, 2.24) is 4.98 Å². The maximum absolute atomic E-state index is 9.00. The maximum atomic E-state index is 9.00. The first-order chi connectivity index (χ1) is 7.24. The van der Waals surface area contributed by atoms with E-state index in [9.17, 15) is 0 Å². The van der Waals surface area contributed by atoms with Crippen LogP contribution in [0.25, 0.3) is 10.9 Å². The summed E-state index contributed by atoms with van der Waals surface area (Å²) in [7, 11) is 0. The highest BCUT2D eigenvalue weighted by atomic mass is 79.9. The Balaban J connectivity index is 2.72. The third-order valence-corrected chi connectivity index (χ3v) is 3.44. The Morgan fingerprint density at radius 2 is 2.27 bits per heavy atom. The number of hydrogen-bond acceptors (Lipinski definition) is 2. The quantitative estimate of drug-likeness (QED) is 0.906. The van der Waals surface area contributed by atoms with Crippen LogP contribution in [-0.2, 0) is 6.42 Å². The fourth-order valence-corrected chi connectivity index (χ4v) is 2.61. The number of fused-ring (bicyclic) bond motifs is 1. The predicted octanol–water partition coefficient (Wildman–Crippen LogP) is 2.84. The smallest absolute Gasteiger partial charge is 0.0716 e. The van der Waals surface area contributed by atoms with Crippen LogP contribution in [0.1, 0.15) is 11.1 Å². The molecule has 0 aliphatic rings. The Morgan fingerprint density at radius 3 is 3.00 bits per heavy atom. The molecule has 1 aromatic heterocycles. The zero-order chi connectivity index (χ0) is 10.8. The molecule has 0 aliphatic heterocycles. The van der Waals surface area contributed by atoms with Crippen LogP contribution in [0.4, 0.5) is 0 Å². The molecule has 78 valence electrons. The number of aromatic nitrogens is 1. The molecule has 2 aromatic rings. The number of aliphatic hydroxyl groups excluding tert-OH is 1. The molecule has 1 N–H and O–H groups in total. The number of rotatable bonds is 2. The third-order valence-electron chi connectivity index (χ3n) is 2.53. The fraction of sp³-hybridized carbons (Fsp3) is 0.250. The lowest BCUT2D eigenvalue weighted by Crippen LogP contribution is -1.97. The van der Waals surface area contributed by atoms with Crippen LogP contribution in [0.5, 0.6) is 0 Å². The Hall–Kier alpha value is -0.930. The number of nitrogens with zero attached hydrogens (tertiary/aromatic N) is 1. The van der Waals surface area contributed by atoms with Gasteiger partial charge >= 0.3 is 0 Å². The van der Waals surface area contributed by atoms with Gasteiger partial charge in [-0.15, -0.1) is 0 Å². The molecule has 2 nitrogen and oxygen atoms in total. The van der Waals surface area contributed by atoms with Crippen molar-refractivity contribution < 1.29 is 5.11 Å². The molecular weight excluding hydrogens is 254 g/mol. The second-order valence-electron chi connectivity index (χ2n) is 3.53. The second kappa shape index (κ2) is 4.29. The highest BCUT2D eigenvalue weighted by Crippen LogP contribution is 2.29. The summed E-state index contributed by atoms with van der Waals surface area (Å²) in [6, 6.07) is 6.02. The minimum absolute atomic E-state index is 0.172. The van der Waals surface area contributed by atoms with E-state index in [1.807, 2.05) is 19.1 Å². The van der Waals surface area contributed by atoms with Gasteiger partial charge in [0.05, 0.1) is 5.52 Å². The molecule has 0 amide bonds. The van der Waals surface area contributed by atoms with E-state index in [-0.39, 0.29) is 6.61 Å². The molecule has 3 heteroatoms. The minimum Gasteiger partial charge on any atom is -0.396 e. The maximum Gasteiger partial charge on any atom is 0.0716 e. The van der Waals surface area contributed by atoms with Crippen LogP contribution < -0.4 is 0 Å². The Morgan fingerprint density at radius 1 is 1.47 bits per heavy atom. The van der Waals surface area contributed by atoms with Crippen molar-refractivity contribution in [1.29, 1.82) is 0 Å². The standard InChI is InChI=1S/C12H12BrNO/c1-8-7-11-10(3-2-5-14-11)12(13)9(8)4-6-15/h2-3,5,7,15H,4,6H2,1H3. The average molecular weight is 266 g/mol. The molecule has 0 saturated heterocycles. The van der Waals surface area contributed by atoms with Gasteiger partial charge in [-0.25, -0.2) is 0 Å². The fourth-order valence-electron chi connectivity index (χ4n) is 1.76. The molecule has 0 saturated carbocycles. The summed E-state index contributed by atoms with van der Waals surface area (Å²) in [5, 5.41) is 10.1. The highest BCUT2D eigenvalue weighted by molar-refractivity contribution is 9.10. The van der Waals surface area contributed by atoms with Gasteiger partial charge in [0.1, 0.15) is 0 Å². The van der Waals surface area contributed by atoms with Gasteiger partial charge in [-0.1, -0.05) is 6.07 Å². The summed E-state index contributed by atoms with van der Waals surface area (Å²) >= 11 is 3.58. The Kier molecular flexibility index (Phi) is 3.03. The molecule has 0 aliphatic carbocycles. The van der Waals surface area contributed by atoms with E-state index < -0.39 is 0 Å². The van der Waals surface area contributed by atoms with E-state index in [4.69, 9.17) is 5.11 Å². The van der Waals surface area contributed by atoms with Crippen LogP contribution in [0.3, 0.4) is 0 Å². The molecule has 0 bridgehead atoms. The van der Waals surface area contributed by atoms with Crippen LogP contribution in [0, 0.1) is 6.92 Å². The normalized spacial score (nSPS) is 10.9. The molecule has 0 radical (unpaired) electrons. The van der Waals surface area contributed by atoms with Crippen molar-refractivity contribution in [3.05, 3.63) is 40.0 Å². The van der Waals surface area contributed by atoms with Gasteiger partial charge in [0.15, 0.2) is 0 Å². The largest absolute Gasteiger partial charge is 0.396 e. The van der Waals surface area contributed by atoms with Crippen LogP contribution in [-0.4, -0.2) is 16.7 Å². The van der Waals surface area contributed by atoms with Gasteiger partial charge in [0, 0.05) is 22.7 Å². The summed E-state index contributed by atoms with van der Waals surface area (Å²) in [6.07, 6.45) is 2.47. The summed E-state index contributed by atoms with van der Waals surface area (Å²) in [4.78, 5) is 4.31. The molecule has 1 heterocycles.